The van der Waals surface area contributed by atoms with Crippen LogP contribution in [-0.2, 0) is 4.74 Å². The quantitative estimate of drug-likeness (QED) is 0.717. The minimum atomic E-state index is -0.252. The van der Waals surface area contributed by atoms with E-state index in [0.717, 1.165) is 29.7 Å². The number of halogens is 1. The van der Waals surface area contributed by atoms with E-state index in [4.69, 9.17) is 16.3 Å². The SMILES string of the molecule is CCOC(=O)N1CCC(N(c2ccc(Cl)cc2)c2ncnc3[nH]ncc23)CC1. The van der Waals surface area contributed by atoms with E-state index in [9.17, 15) is 4.79 Å². The molecule has 0 radical (unpaired) electrons. The van der Waals surface area contributed by atoms with E-state index in [0.29, 0.717) is 30.4 Å². The summed E-state index contributed by atoms with van der Waals surface area (Å²) in [5, 5.41) is 8.53. The molecule has 1 aliphatic heterocycles. The van der Waals surface area contributed by atoms with Gasteiger partial charge in [0.15, 0.2) is 5.65 Å². The second kappa shape index (κ2) is 8.02. The van der Waals surface area contributed by atoms with Crippen molar-refractivity contribution in [3.63, 3.8) is 0 Å². The number of H-pyrrole nitrogens is 1. The molecule has 28 heavy (non-hydrogen) atoms. The molecule has 1 aromatic carbocycles. The van der Waals surface area contributed by atoms with Crippen LogP contribution in [0, 0.1) is 0 Å². The highest BCUT2D eigenvalue weighted by Gasteiger charge is 2.30. The Morgan fingerprint density at radius 2 is 2.04 bits per heavy atom. The number of benzene rings is 1. The third-order valence-electron chi connectivity index (χ3n) is 4.92. The summed E-state index contributed by atoms with van der Waals surface area (Å²) in [6.45, 7) is 3.47. The van der Waals surface area contributed by atoms with E-state index < -0.39 is 0 Å². The number of aromatic amines is 1. The fourth-order valence-electron chi connectivity index (χ4n) is 3.57. The van der Waals surface area contributed by atoms with Crippen molar-refractivity contribution in [3.8, 4) is 0 Å². The molecule has 1 N–H and O–H groups in total. The first-order valence-corrected chi connectivity index (χ1v) is 9.65. The van der Waals surface area contributed by atoms with E-state index in [1.54, 1.807) is 11.1 Å². The van der Waals surface area contributed by atoms with Crippen molar-refractivity contribution in [1.82, 2.24) is 25.1 Å². The Hall–Kier alpha value is -2.87. The van der Waals surface area contributed by atoms with Gasteiger partial charge in [-0.25, -0.2) is 14.8 Å². The number of nitrogens with zero attached hydrogens (tertiary/aromatic N) is 5. The number of hydrogen-bond acceptors (Lipinski definition) is 6. The summed E-state index contributed by atoms with van der Waals surface area (Å²) in [7, 11) is 0. The number of piperidine rings is 1. The molecule has 0 atom stereocenters. The highest BCUT2D eigenvalue weighted by atomic mass is 35.5. The Morgan fingerprint density at radius 1 is 1.29 bits per heavy atom. The summed E-state index contributed by atoms with van der Waals surface area (Å²) < 4.78 is 5.13. The Bertz CT molecular complexity index is 952. The van der Waals surface area contributed by atoms with Gasteiger partial charge in [0.05, 0.1) is 18.2 Å². The number of ether oxygens (including phenoxy) is 1. The van der Waals surface area contributed by atoms with Crippen LogP contribution >= 0.6 is 11.6 Å². The van der Waals surface area contributed by atoms with Gasteiger partial charge in [-0.3, -0.25) is 5.10 Å². The van der Waals surface area contributed by atoms with Crippen LogP contribution in [0.25, 0.3) is 11.0 Å². The Morgan fingerprint density at radius 3 is 2.75 bits per heavy atom. The molecular formula is C19H21ClN6O2. The standard InChI is InChI=1S/C19H21ClN6O2/c1-2-28-19(27)25-9-7-15(8-10-25)26(14-5-3-13(20)4-6-14)18-16-11-23-24-17(16)21-12-22-18/h3-6,11-12,15H,2,7-10H2,1H3,(H,21,22,23,24). The number of aromatic nitrogens is 4. The van der Waals surface area contributed by atoms with E-state index in [-0.39, 0.29) is 12.1 Å². The van der Waals surface area contributed by atoms with Crippen LogP contribution in [0.15, 0.2) is 36.8 Å². The molecule has 0 bridgehead atoms. The zero-order chi connectivity index (χ0) is 19.5. The van der Waals surface area contributed by atoms with Crippen molar-refractivity contribution in [2.24, 2.45) is 0 Å². The minimum Gasteiger partial charge on any atom is -0.450 e. The molecule has 0 aliphatic carbocycles. The lowest BCUT2D eigenvalue weighted by Crippen LogP contribution is -2.45. The van der Waals surface area contributed by atoms with E-state index in [1.807, 2.05) is 31.2 Å². The minimum absolute atomic E-state index is 0.167. The zero-order valence-electron chi connectivity index (χ0n) is 15.5. The van der Waals surface area contributed by atoms with Crippen molar-refractivity contribution in [1.29, 1.82) is 0 Å². The summed E-state index contributed by atoms with van der Waals surface area (Å²) in [5.41, 5.74) is 1.67. The fraction of sp³-hybridized carbons (Fsp3) is 0.368. The number of nitrogens with one attached hydrogen (secondary N) is 1. The summed E-state index contributed by atoms with van der Waals surface area (Å²) in [4.78, 5) is 24.8. The van der Waals surface area contributed by atoms with Gasteiger partial charge in [-0.15, -0.1) is 0 Å². The predicted molar refractivity (Wildman–Crippen MR) is 107 cm³/mol. The molecule has 3 aromatic rings. The topological polar surface area (TPSA) is 87.2 Å². The molecule has 0 saturated carbocycles. The maximum Gasteiger partial charge on any atom is 0.409 e. The van der Waals surface area contributed by atoms with Gasteiger partial charge in [-0.1, -0.05) is 11.6 Å². The number of rotatable bonds is 4. The molecule has 3 heterocycles. The summed E-state index contributed by atoms with van der Waals surface area (Å²) in [6.07, 6.45) is 4.61. The highest BCUT2D eigenvalue weighted by Crippen LogP contribution is 2.34. The van der Waals surface area contributed by atoms with Crippen LogP contribution in [0.3, 0.4) is 0 Å². The van der Waals surface area contributed by atoms with Crippen molar-refractivity contribution < 1.29 is 9.53 Å². The zero-order valence-corrected chi connectivity index (χ0v) is 16.3. The average Bonchev–Trinajstić information content (AvgIpc) is 3.20. The van der Waals surface area contributed by atoms with Crippen LogP contribution in [-0.4, -0.2) is 56.9 Å². The van der Waals surface area contributed by atoms with Gasteiger partial charge >= 0.3 is 6.09 Å². The number of carbonyl (C=O) groups excluding carboxylic acids is 1. The van der Waals surface area contributed by atoms with Gasteiger partial charge in [0.1, 0.15) is 12.1 Å². The van der Waals surface area contributed by atoms with Gasteiger partial charge in [0.2, 0.25) is 0 Å². The monoisotopic (exact) mass is 400 g/mol. The van der Waals surface area contributed by atoms with Crippen LogP contribution in [0.2, 0.25) is 5.02 Å². The molecule has 0 unspecified atom stereocenters. The first-order valence-electron chi connectivity index (χ1n) is 9.28. The third-order valence-corrected chi connectivity index (χ3v) is 5.17. The molecular weight excluding hydrogens is 380 g/mol. The lowest BCUT2D eigenvalue weighted by atomic mass is 10.0. The van der Waals surface area contributed by atoms with E-state index in [1.165, 1.54) is 6.33 Å². The number of likely N-dealkylation sites (tertiary alicyclic amines) is 1. The highest BCUT2D eigenvalue weighted by molar-refractivity contribution is 6.30. The van der Waals surface area contributed by atoms with Crippen molar-refractivity contribution in [2.45, 2.75) is 25.8 Å². The third kappa shape index (κ3) is 3.60. The maximum atomic E-state index is 12.0. The van der Waals surface area contributed by atoms with Crippen LogP contribution in [0.1, 0.15) is 19.8 Å². The van der Waals surface area contributed by atoms with Gasteiger partial charge in [-0.2, -0.15) is 5.10 Å². The van der Waals surface area contributed by atoms with Gasteiger partial charge in [0, 0.05) is 29.8 Å². The molecule has 8 nitrogen and oxygen atoms in total. The lowest BCUT2D eigenvalue weighted by Gasteiger charge is -2.39. The Kier molecular flexibility index (Phi) is 5.29. The van der Waals surface area contributed by atoms with Gasteiger partial charge in [-0.05, 0) is 44.0 Å². The number of fused-ring (bicyclic) bond motifs is 1. The molecule has 146 valence electrons. The van der Waals surface area contributed by atoms with Crippen molar-refractivity contribution >= 4 is 40.2 Å². The second-order valence-corrected chi connectivity index (χ2v) is 7.03. The summed E-state index contributed by atoms with van der Waals surface area (Å²) >= 11 is 6.09. The fourth-order valence-corrected chi connectivity index (χ4v) is 3.70. The number of hydrogen-bond donors (Lipinski definition) is 1. The Labute approximate surface area is 167 Å². The second-order valence-electron chi connectivity index (χ2n) is 6.59. The molecule has 9 heteroatoms. The van der Waals surface area contributed by atoms with Gasteiger partial charge in [0.25, 0.3) is 0 Å². The first-order chi connectivity index (χ1) is 13.7. The molecule has 4 rings (SSSR count). The van der Waals surface area contributed by atoms with Crippen LogP contribution in [0.5, 0.6) is 0 Å². The Balaban J connectivity index is 1.66. The van der Waals surface area contributed by atoms with Crippen LogP contribution < -0.4 is 4.90 Å². The normalized spacial score (nSPS) is 15.0. The van der Waals surface area contributed by atoms with E-state index >= 15 is 0 Å². The molecule has 0 spiro atoms. The largest absolute Gasteiger partial charge is 0.450 e. The maximum absolute atomic E-state index is 12.0. The van der Waals surface area contributed by atoms with Gasteiger partial charge < -0.3 is 14.5 Å². The smallest absolute Gasteiger partial charge is 0.409 e. The summed E-state index contributed by atoms with van der Waals surface area (Å²) in [6, 6.07) is 7.86. The molecule has 1 saturated heterocycles. The first kappa shape index (κ1) is 18.5. The number of anilines is 2. The lowest BCUT2D eigenvalue weighted by molar-refractivity contribution is 0.0973. The molecule has 1 aliphatic rings. The number of carbonyl (C=O) groups is 1. The molecule has 2 aromatic heterocycles. The van der Waals surface area contributed by atoms with E-state index in [2.05, 4.69) is 25.1 Å². The molecule has 1 amide bonds. The number of amides is 1. The van der Waals surface area contributed by atoms with Crippen molar-refractivity contribution in [3.05, 3.63) is 41.8 Å². The van der Waals surface area contributed by atoms with Crippen molar-refractivity contribution in [2.75, 3.05) is 24.6 Å². The predicted octanol–water partition coefficient (Wildman–Crippen LogP) is 3.77. The summed E-state index contributed by atoms with van der Waals surface area (Å²) in [5.74, 6) is 0.788. The average molecular weight is 401 g/mol. The van der Waals surface area contributed by atoms with Crippen LogP contribution in [0.4, 0.5) is 16.3 Å². The molecule has 1 fully saturated rings.